The maximum absolute atomic E-state index is 12.0. The molecule has 0 aromatic carbocycles. The van der Waals surface area contributed by atoms with Gasteiger partial charge >= 0.3 is 6.03 Å². The van der Waals surface area contributed by atoms with E-state index in [1.54, 1.807) is 7.11 Å². The highest BCUT2D eigenvalue weighted by atomic mass is 16.5. The summed E-state index contributed by atoms with van der Waals surface area (Å²) in [5, 5.41) is 3.31. The number of amides is 2. The van der Waals surface area contributed by atoms with Gasteiger partial charge in [0.05, 0.1) is 25.9 Å². The number of hydrogen-bond donors (Lipinski definition) is 1. The minimum absolute atomic E-state index is 0.159. The van der Waals surface area contributed by atoms with Crippen LogP contribution in [0.1, 0.15) is 0 Å². The Morgan fingerprint density at radius 2 is 2.29 bits per heavy atom. The zero-order chi connectivity index (χ0) is 12.1. The van der Waals surface area contributed by atoms with Gasteiger partial charge in [0.2, 0.25) is 0 Å². The Morgan fingerprint density at radius 3 is 3.06 bits per heavy atom. The van der Waals surface area contributed by atoms with E-state index in [1.165, 1.54) is 0 Å². The lowest BCUT2D eigenvalue weighted by atomic mass is 10.2. The van der Waals surface area contributed by atoms with Gasteiger partial charge in [-0.25, -0.2) is 4.79 Å². The lowest BCUT2D eigenvalue weighted by Gasteiger charge is -2.28. The van der Waals surface area contributed by atoms with Gasteiger partial charge in [-0.2, -0.15) is 0 Å². The summed E-state index contributed by atoms with van der Waals surface area (Å²) in [5.41, 5.74) is 0. The molecule has 0 aromatic rings. The van der Waals surface area contributed by atoms with Crippen LogP contribution in [0.15, 0.2) is 0 Å². The van der Waals surface area contributed by atoms with Gasteiger partial charge in [-0.3, -0.25) is 0 Å². The first-order chi connectivity index (χ1) is 8.33. The summed E-state index contributed by atoms with van der Waals surface area (Å²) in [4.78, 5) is 15.8. The molecule has 2 aliphatic rings. The molecule has 0 aliphatic carbocycles. The van der Waals surface area contributed by atoms with E-state index >= 15 is 0 Å². The Kier molecular flexibility index (Phi) is 4.58. The normalized spacial score (nSPS) is 24.3. The molecule has 2 amide bonds. The molecule has 17 heavy (non-hydrogen) atoms. The first-order valence-electron chi connectivity index (χ1n) is 6.16. The van der Waals surface area contributed by atoms with Gasteiger partial charge in [-0.15, -0.1) is 0 Å². The summed E-state index contributed by atoms with van der Waals surface area (Å²) in [6, 6.07) is 0.502. The first kappa shape index (κ1) is 12.6. The molecule has 6 nitrogen and oxygen atoms in total. The number of nitrogens with zero attached hydrogens (tertiary/aromatic N) is 2. The fraction of sp³-hybridized carbons (Fsp3) is 0.909. The van der Waals surface area contributed by atoms with Gasteiger partial charge in [0, 0.05) is 39.8 Å². The SMILES string of the molecule is COCCOCCN1CC2CNCCN2C1=O. The van der Waals surface area contributed by atoms with Gasteiger partial charge < -0.3 is 24.6 Å². The van der Waals surface area contributed by atoms with Gasteiger partial charge in [0.25, 0.3) is 0 Å². The number of nitrogens with one attached hydrogen (secondary N) is 1. The van der Waals surface area contributed by atoms with Crippen molar-refractivity contribution in [2.24, 2.45) is 0 Å². The number of carbonyl (C=O) groups is 1. The van der Waals surface area contributed by atoms with Crippen molar-refractivity contribution in [2.45, 2.75) is 6.04 Å². The zero-order valence-corrected chi connectivity index (χ0v) is 10.4. The van der Waals surface area contributed by atoms with E-state index in [-0.39, 0.29) is 6.03 Å². The van der Waals surface area contributed by atoms with E-state index in [0.717, 1.165) is 26.2 Å². The molecular formula is C11H21N3O3. The first-order valence-corrected chi connectivity index (χ1v) is 6.16. The molecule has 6 heteroatoms. The van der Waals surface area contributed by atoms with Crippen LogP contribution in [0.25, 0.3) is 0 Å². The molecule has 2 fully saturated rings. The Morgan fingerprint density at radius 1 is 1.41 bits per heavy atom. The lowest BCUT2D eigenvalue weighted by Crippen LogP contribution is -2.49. The fourth-order valence-electron chi connectivity index (χ4n) is 2.30. The van der Waals surface area contributed by atoms with E-state index in [1.807, 2.05) is 9.80 Å². The summed E-state index contributed by atoms with van der Waals surface area (Å²) in [5.74, 6) is 0. The quantitative estimate of drug-likeness (QED) is 0.630. The number of fused-ring (bicyclic) bond motifs is 1. The second kappa shape index (κ2) is 6.18. The largest absolute Gasteiger partial charge is 0.382 e. The third kappa shape index (κ3) is 3.08. The predicted octanol–water partition coefficient (Wildman–Crippen LogP) is -0.641. The number of piperazine rings is 1. The maximum atomic E-state index is 12.0. The summed E-state index contributed by atoms with van der Waals surface area (Å²) in [7, 11) is 1.65. The average molecular weight is 243 g/mol. The van der Waals surface area contributed by atoms with Crippen molar-refractivity contribution in [3.63, 3.8) is 0 Å². The van der Waals surface area contributed by atoms with Crippen molar-refractivity contribution in [3.05, 3.63) is 0 Å². The lowest BCUT2D eigenvalue weighted by molar-refractivity contribution is 0.0629. The number of carbonyl (C=O) groups excluding carboxylic acids is 1. The minimum atomic E-state index is 0.159. The Labute approximate surface area is 102 Å². The van der Waals surface area contributed by atoms with Crippen LogP contribution in [0.4, 0.5) is 4.79 Å². The molecule has 1 unspecified atom stereocenters. The van der Waals surface area contributed by atoms with Crippen molar-refractivity contribution >= 4 is 6.03 Å². The molecule has 2 heterocycles. The van der Waals surface area contributed by atoms with Crippen LogP contribution in [0.5, 0.6) is 0 Å². The van der Waals surface area contributed by atoms with E-state index in [9.17, 15) is 4.79 Å². The van der Waals surface area contributed by atoms with Crippen molar-refractivity contribution < 1.29 is 14.3 Å². The van der Waals surface area contributed by atoms with Gasteiger partial charge in [0.15, 0.2) is 0 Å². The van der Waals surface area contributed by atoms with Crippen LogP contribution in [-0.4, -0.2) is 81.5 Å². The molecule has 2 saturated heterocycles. The molecule has 0 spiro atoms. The number of hydrogen-bond acceptors (Lipinski definition) is 4. The van der Waals surface area contributed by atoms with Crippen molar-refractivity contribution in [1.82, 2.24) is 15.1 Å². The predicted molar refractivity (Wildman–Crippen MR) is 63.0 cm³/mol. The number of rotatable bonds is 6. The highest BCUT2D eigenvalue weighted by Gasteiger charge is 2.37. The maximum Gasteiger partial charge on any atom is 0.320 e. The van der Waals surface area contributed by atoms with Crippen LogP contribution in [0.3, 0.4) is 0 Å². The molecule has 0 aromatic heterocycles. The van der Waals surface area contributed by atoms with Crippen LogP contribution in [0, 0.1) is 0 Å². The zero-order valence-electron chi connectivity index (χ0n) is 10.4. The summed E-state index contributed by atoms with van der Waals surface area (Å²) in [6.45, 7) is 5.91. The van der Waals surface area contributed by atoms with Gasteiger partial charge in [-0.05, 0) is 0 Å². The molecule has 0 saturated carbocycles. The standard InChI is InChI=1S/C11H21N3O3/c1-16-6-7-17-5-4-13-9-10-8-12-2-3-14(10)11(13)15/h10,12H,2-9H2,1H3. The molecule has 1 N–H and O–H groups in total. The molecule has 1 atom stereocenters. The smallest absolute Gasteiger partial charge is 0.320 e. The molecule has 2 rings (SSSR count). The third-order valence-corrected chi connectivity index (χ3v) is 3.23. The average Bonchev–Trinajstić information content (AvgIpc) is 2.67. The summed E-state index contributed by atoms with van der Waals surface area (Å²) >= 11 is 0. The fourth-order valence-corrected chi connectivity index (χ4v) is 2.30. The van der Waals surface area contributed by atoms with Gasteiger partial charge in [0.1, 0.15) is 0 Å². The number of urea groups is 1. The molecule has 0 bridgehead atoms. The van der Waals surface area contributed by atoms with Crippen LogP contribution in [-0.2, 0) is 9.47 Å². The molecular weight excluding hydrogens is 222 g/mol. The highest BCUT2D eigenvalue weighted by Crippen LogP contribution is 2.16. The van der Waals surface area contributed by atoms with Crippen LogP contribution < -0.4 is 5.32 Å². The van der Waals surface area contributed by atoms with E-state index < -0.39 is 0 Å². The van der Waals surface area contributed by atoms with E-state index in [0.29, 0.717) is 32.4 Å². The second-order valence-electron chi connectivity index (χ2n) is 4.39. The van der Waals surface area contributed by atoms with Crippen LogP contribution >= 0.6 is 0 Å². The topological polar surface area (TPSA) is 54.0 Å². The van der Waals surface area contributed by atoms with Crippen molar-refractivity contribution in [2.75, 3.05) is 59.7 Å². The summed E-state index contributed by atoms with van der Waals surface area (Å²) < 4.78 is 10.3. The molecule has 0 radical (unpaired) electrons. The Hall–Kier alpha value is -0.850. The number of methoxy groups -OCH3 is 1. The monoisotopic (exact) mass is 243 g/mol. The molecule has 98 valence electrons. The van der Waals surface area contributed by atoms with Crippen LogP contribution in [0.2, 0.25) is 0 Å². The van der Waals surface area contributed by atoms with Crippen molar-refractivity contribution in [1.29, 1.82) is 0 Å². The van der Waals surface area contributed by atoms with Crippen molar-refractivity contribution in [3.8, 4) is 0 Å². The molecule has 2 aliphatic heterocycles. The second-order valence-corrected chi connectivity index (χ2v) is 4.39. The highest BCUT2D eigenvalue weighted by molar-refractivity contribution is 5.77. The Balaban J connectivity index is 1.69. The van der Waals surface area contributed by atoms with Gasteiger partial charge in [-0.1, -0.05) is 0 Å². The Bertz CT molecular complexity index is 262. The third-order valence-electron chi connectivity index (χ3n) is 3.23. The van der Waals surface area contributed by atoms with E-state index in [2.05, 4.69) is 5.32 Å². The number of ether oxygens (including phenoxy) is 2. The van der Waals surface area contributed by atoms with E-state index in [4.69, 9.17) is 9.47 Å². The summed E-state index contributed by atoms with van der Waals surface area (Å²) in [6.07, 6.45) is 0. The minimum Gasteiger partial charge on any atom is -0.382 e.